The molecule has 304 valence electrons. The van der Waals surface area contributed by atoms with Crippen molar-refractivity contribution in [1.82, 2.24) is 0 Å². The van der Waals surface area contributed by atoms with Crippen LogP contribution in [0.25, 0.3) is 11.1 Å². The van der Waals surface area contributed by atoms with E-state index < -0.39 is 5.97 Å². The van der Waals surface area contributed by atoms with Gasteiger partial charge in [0.1, 0.15) is 23.9 Å². The van der Waals surface area contributed by atoms with Gasteiger partial charge in [-0.15, -0.1) is 0 Å². The first-order chi connectivity index (χ1) is 28.0. The third-order valence-corrected chi connectivity index (χ3v) is 11.3. The minimum atomic E-state index is -0.476. The fourth-order valence-corrected chi connectivity index (χ4v) is 7.80. The van der Waals surface area contributed by atoms with Crippen molar-refractivity contribution in [2.75, 3.05) is 26.4 Å². The molecule has 2 saturated heterocycles. The van der Waals surface area contributed by atoms with Gasteiger partial charge in [0, 0.05) is 0 Å². The predicted molar refractivity (Wildman–Crippen MR) is 223 cm³/mol. The van der Waals surface area contributed by atoms with Gasteiger partial charge in [-0.05, 0) is 115 Å². The van der Waals surface area contributed by atoms with E-state index in [0.29, 0.717) is 70.4 Å². The molecule has 2 heterocycles. The van der Waals surface area contributed by atoms with E-state index in [1.165, 1.54) is 64.2 Å². The van der Waals surface area contributed by atoms with E-state index in [1.807, 2.05) is 54.6 Å². The maximum Gasteiger partial charge on any atom is 0.343 e. The van der Waals surface area contributed by atoms with Crippen molar-refractivity contribution in [2.45, 2.75) is 115 Å². The van der Waals surface area contributed by atoms with Crippen LogP contribution in [-0.2, 0) is 27.4 Å². The number of ether oxygens (including phenoxy) is 5. The van der Waals surface area contributed by atoms with Crippen molar-refractivity contribution < 1.29 is 38.3 Å². The summed E-state index contributed by atoms with van der Waals surface area (Å²) in [7, 11) is 0. The van der Waals surface area contributed by atoms with Crippen molar-refractivity contribution in [2.24, 2.45) is 0 Å². The largest absolute Gasteiger partial charge is 0.492 e. The van der Waals surface area contributed by atoms with Crippen LogP contribution < -0.4 is 19.1 Å². The third kappa shape index (κ3) is 13.1. The zero-order valence-electron chi connectivity index (χ0n) is 32.7. The van der Waals surface area contributed by atoms with E-state index in [1.54, 1.807) is 18.2 Å². The van der Waals surface area contributed by atoms with Crippen LogP contribution >= 0.6 is 23.2 Å². The van der Waals surface area contributed by atoms with Gasteiger partial charge in [0.05, 0.1) is 54.2 Å². The first-order valence-electron chi connectivity index (χ1n) is 20.8. The molecule has 0 bridgehead atoms. The molecule has 4 aromatic rings. The second kappa shape index (κ2) is 21.3. The molecule has 0 spiro atoms. The Labute approximate surface area is 346 Å². The number of hydrogen-bond donors (Lipinski definition) is 0. The van der Waals surface area contributed by atoms with Gasteiger partial charge >= 0.3 is 5.97 Å². The number of carbonyl (C=O) groups is 1. The van der Waals surface area contributed by atoms with Gasteiger partial charge < -0.3 is 28.6 Å². The second-order valence-electron chi connectivity index (χ2n) is 15.4. The summed E-state index contributed by atoms with van der Waals surface area (Å²) in [5, 5.41) is 0.950. The Morgan fingerprint density at radius 1 is 0.596 bits per heavy atom. The lowest BCUT2D eigenvalue weighted by atomic mass is 10.1. The Kier molecular flexibility index (Phi) is 15.4. The Morgan fingerprint density at radius 2 is 1.12 bits per heavy atom. The monoisotopic (exact) mass is 816 g/mol. The van der Waals surface area contributed by atoms with Crippen molar-refractivity contribution >= 4 is 29.2 Å². The number of esters is 1. The quantitative estimate of drug-likeness (QED) is 0.0136. The van der Waals surface area contributed by atoms with Crippen LogP contribution in [0.15, 0.2) is 72.8 Å². The summed E-state index contributed by atoms with van der Waals surface area (Å²) in [5.74, 6) is 1.86. The van der Waals surface area contributed by atoms with Gasteiger partial charge in [-0.2, -0.15) is 4.89 Å². The zero-order valence-corrected chi connectivity index (χ0v) is 34.3. The van der Waals surface area contributed by atoms with Crippen molar-refractivity contribution in [3.05, 3.63) is 105 Å². The summed E-state index contributed by atoms with van der Waals surface area (Å²) < 4.78 is 28.1. The number of halogens is 2. The van der Waals surface area contributed by atoms with Crippen LogP contribution in [-0.4, -0.2) is 44.6 Å². The van der Waals surface area contributed by atoms with Gasteiger partial charge in [0.15, 0.2) is 5.75 Å². The normalized spacial score (nSPS) is 16.2. The molecule has 2 unspecified atom stereocenters. The smallest absolute Gasteiger partial charge is 0.343 e. The van der Waals surface area contributed by atoms with E-state index in [9.17, 15) is 4.79 Å². The first-order valence-corrected chi connectivity index (χ1v) is 21.6. The molecule has 2 fully saturated rings. The van der Waals surface area contributed by atoms with Crippen molar-refractivity contribution in [3.63, 3.8) is 0 Å². The summed E-state index contributed by atoms with van der Waals surface area (Å²) >= 11 is 13.0. The van der Waals surface area contributed by atoms with Gasteiger partial charge in [-0.3, -0.25) is 0 Å². The van der Waals surface area contributed by atoms with Gasteiger partial charge in [-0.1, -0.05) is 106 Å². The number of benzene rings is 4. The molecule has 3 aliphatic rings. The molecule has 10 heteroatoms. The summed E-state index contributed by atoms with van der Waals surface area (Å²) in [4.78, 5) is 24.3. The fraction of sp³-hybridized carbons (Fsp3) is 0.468. The molecule has 4 aromatic carbocycles. The van der Waals surface area contributed by atoms with Crippen LogP contribution in [0.1, 0.15) is 117 Å². The number of carbonyl (C=O) groups excluding carboxylic acids is 1. The first kappa shape index (κ1) is 41.4. The molecular weight excluding hydrogens is 763 g/mol. The molecule has 1 aliphatic carbocycles. The lowest BCUT2D eigenvalue weighted by Crippen LogP contribution is -2.09. The maximum absolute atomic E-state index is 13.1. The lowest BCUT2D eigenvalue weighted by Gasteiger charge is -2.11. The number of rotatable bonds is 26. The van der Waals surface area contributed by atoms with E-state index >= 15 is 0 Å². The number of epoxide rings is 2. The average molecular weight is 818 g/mol. The van der Waals surface area contributed by atoms with Crippen molar-refractivity contribution in [3.8, 4) is 34.1 Å². The highest BCUT2D eigenvalue weighted by Crippen LogP contribution is 2.40. The van der Waals surface area contributed by atoms with E-state index in [4.69, 9.17) is 56.7 Å². The Hall–Kier alpha value is -3.79. The van der Waals surface area contributed by atoms with Crippen LogP contribution in [0, 0.1) is 0 Å². The highest BCUT2D eigenvalue weighted by atomic mass is 35.5. The molecule has 0 saturated carbocycles. The number of fused-ring (bicyclic) bond motifs is 3. The Balaban J connectivity index is 0.795. The highest BCUT2D eigenvalue weighted by molar-refractivity contribution is 6.32. The molecule has 0 radical (unpaired) electrons. The van der Waals surface area contributed by atoms with Crippen LogP contribution in [0.4, 0.5) is 0 Å². The minimum absolute atomic E-state index is 0.233. The molecule has 0 amide bonds. The van der Waals surface area contributed by atoms with E-state index in [2.05, 4.69) is 0 Å². The zero-order chi connectivity index (χ0) is 39.2. The van der Waals surface area contributed by atoms with E-state index in [-0.39, 0.29) is 6.61 Å². The molecule has 0 N–H and O–H groups in total. The minimum Gasteiger partial charge on any atom is -0.492 e. The SMILES string of the molecule is O=C(Oc1ccc2c(c1)Cc1cc(OOCc3ccc(OCCCCCCCCC4CO4)c(Cl)c3)ccc1-2)c1ccc(OCCCCCCCCC2CO2)c(Cl)c1. The van der Waals surface area contributed by atoms with Gasteiger partial charge in [-0.25, -0.2) is 4.79 Å². The summed E-state index contributed by atoms with van der Waals surface area (Å²) in [5.41, 5.74) is 5.62. The predicted octanol–water partition coefficient (Wildman–Crippen LogP) is 12.3. The molecule has 0 aromatic heterocycles. The van der Waals surface area contributed by atoms with Gasteiger partial charge in [0.2, 0.25) is 0 Å². The third-order valence-electron chi connectivity index (χ3n) is 10.7. The molecule has 57 heavy (non-hydrogen) atoms. The topological polar surface area (TPSA) is 88.3 Å². The summed E-state index contributed by atoms with van der Waals surface area (Å²) in [6.07, 6.45) is 18.5. The standard InChI is InChI=1S/C47H54Cl2O8/c48-43-25-33(15-21-45(43)51-23-11-7-3-1-5-9-13-39-31-53-39)30-55-57-38-18-20-42-36(28-38)26-35-27-37(17-19-41(35)42)56-47(50)34-16-22-46(44(49)29-34)52-24-12-8-4-2-6-10-14-40-32-54-40/h15-22,25,27-29,39-40H,1-14,23-24,26,30-32H2. The fourth-order valence-electron chi connectivity index (χ4n) is 7.30. The average Bonchev–Trinajstić information content (AvgIpc) is 4.16. The molecule has 8 nitrogen and oxygen atoms in total. The van der Waals surface area contributed by atoms with Crippen molar-refractivity contribution in [1.29, 1.82) is 0 Å². The molecular formula is C47H54Cl2O8. The molecule has 2 aliphatic heterocycles. The van der Waals surface area contributed by atoms with Crippen LogP contribution in [0.5, 0.6) is 23.0 Å². The Morgan fingerprint density at radius 3 is 1.70 bits per heavy atom. The van der Waals surface area contributed by atoms with Gasteiger partial charge in [0.25, 0.3) is 0 Å². The van der Waals surface area contributed by atoms with E-state index in [0.717, 1.165) is 66.7 Å². The molecule has 7 rings (SSSR count). The number of hydrogen-bond acceptors (Lipinski definition) is 8. The Bertz CT molecular complexity index is 1920. The second-order valence-corrected chi connectivity index (χ2v) is 16.2. The highest BCUT2D eigenvalue weighted by Gasteiger charge is 2.23. The number of unbranched alkanes of at least 4 members (excludes halogenated alkanes) is 10. The molecule has 2 atom stereocenters. The van der Waals surface area contributed by atoms with Crippen LogP contribution in [0.3, 0.4) is 0 Å². The summed E-state index contributed by atoms with van der Waals surface area (Å²) in [6.45, 7) is 3.39. The maximum atomic E-state index is 13.1. The lowest BCUT2D eigenvalue weighted by molar-refractivity contribution is -0.217. The summed E-state index contributed by atoms with van der Waals surface area (Å²) in [6, 6.07) is 22.3. The van der Waals surface area contributed by atoms with Crippen LogP contribution in [0.2, 0.25) is 10.0 Å².